The van der Waals surface area contributed by atoms with Crippen LogP contribution in [-0.2, 0) is 0 Å². The van der Waals surface area contributed by atoms with Crippen LogP contribution in [0, 0.1) is 0 Å². The van der Waals surface area contributed by atoms with Gasteiger partial charge in [-0.3, -0.25) is 0 Å². The molecule has 13 heavy (non-hydrogen) atoms. The van der Waals surface area contributed by atoms with Gasteiger partial charge in [-0.05, 0) is 12.8 Å². The largest absolute Gasteiger partial charge is 0.338 e. The van der Waals surface area contributed by atoms with E-state index in [1.165, 1.54) is 0 Å². The summed E-state index contributed by atoms with van der Waals surface area (Å²) in [5, 5.41) is 2.88. The molecule has 1 heterocycles. The summed E-state index contributed by atoms with van der Waals surface area (Å²) in [5.41, 5.74) is 5.70. The first-order valence-electron chi connectivity index (χ1n) is 5.02. The van der Waals surface area contributed by atoms with Crippen LogP contribution in [0.5, 0.6) is 0 Å². The van der Waals surface area contributed by atoms with Gasteiger partial charge in [-0.25, -0.2) is 4.79 Å². The van der Waals surface area contributed by atoms with Crippen LogP contribution in [0.1, 0.15) is 26.2 Å². The molecule has 0 spiro atoms. The van der Waals surface area contributed by atoms with Crippen LogP contribution in [0.25, 0.3) is 0 Å². The molecule has 4 nitrogen and oxygen atoms in total. The number of nitrogens with zero attached hydrogens (tertiary/aromatic N) is 1. The third-order valence-corrected chi connectivity index (χ3v) is 2.32. The molecule has 1 fully saturated rings. The topological polar surface area (TPSA) is 58.4 Å². The molecule has 0 bridgehead atoms. The van der Waals surface area contributed by atoms with Crippen LogP contribution >= 0.6 is 0 Å². The summed E-state index contributed by atoms with van der Waals surface area (Å²) in [6, 6.07) is 0.221. The Hall–Kier alpha value is -0.770. The van der Waals surface area contributed by atoms with Gasteiger partial charge in [0.2, 0.25) is 0 Å². The number of hydrogen-bond donors (Lipinski definition) is 2. The summed E-state index contributed by atoms with van der Waals surface area (Å²) >= 11 is 0. The predicted molar refractivity (Wildman–Crippen MR) is 52.5 cm³/mol. The van der Waals surface area contributed by atoms with Gasteiger partial charge in [0.1, 0.15) is 0 Å². The third-order valence-electron chi connectivity index (χ3n) is 2.32. The van der Waals surface area contributed by atoms with Gasteiger partial charge in [-0.15, -0.1) is 0 Å². The van der Waals surface area contributed by atoms with E-state index in [1.807, 2.05) is 0 Å². The average Bonchev–Trinajstić information content (AvgIpc) is 2.52. The van der Waals surface area contributed by atoms with Crippen LogP contribution in [0.2, 0.25) is 0 Å². The quantitative estimate of drug-likeness (QED) is 0.630. The highest BCUT2D eigenvalue weighted by Crippen LogP contribution is 2.06. The summed E-state index contributed by atoms with van der Waals surface area (Å²) in [5.74, 6) is 0. The van der Waals surface area contributed by atoms with Crippen molar-refractivity contribution in [3.05, 3.63) is 0 Å². The molecule has 76 valence electrons. The first kappa shape index (κ1) is 10.3. The van der Waals surface area contributed by atoms with E-state index in [4.69, 9.17) is 5.73 Å². The van der Waals surface area contributed by atoms with Crippen molar-refractivity contribution in [3.63, 3.8) is 0 Å². The minimum Gasteiger partial charge on any atom is -0.338 e. The average molecular weight is 185 g/mol. The van der Waals surface area contributed by atoms with E-state index in [0.717, 1.165) is 32.4 Å². The van der Waals surface area contributed by atoms with Crippen molar-refractivity contribution in [3.8, 4) is 0 Å². The highest BCUT2D eigenvalue weighted by Gasteiger charge is 2.22. The molecule has 0 aromatic rings. The van der Waals surface area contributed by atoms with Gasteiger partial charge in [0, 0.05) is 25.7 Å². The maximum Gasteiger partial charge on any atom is 0.317 e. The number of nitrogens with two attached hydrogens (primary N) is 1. The highest BCUT2D eigenvalue weighted by molar-refractivity contribution is 5.74. The van der Waals surface area contributed by atoms with Crippen molar-refractivity contribution >= 4 is 6.03 Å². The molecule has 0 aromatic heterocycles. The lowest BCUT2D eigenvalue weighted by Crippen LogP contribution is -2.40. The zero-order valence-electron chi connectivity index (χ0n) is 8.25. The van der Waals surface area contributed by atoms with E-state index in [9.17, 15) is 4.79 Å². The fourth-order valence-electron chi connectivity index (χ4n) is 1.46. The van der Waals surface area contributed by atoms with E-state index < -0.39 is 0 Å². The number of rotatable bonds is 3. The number of carbonyl (C=O) groups excluding carboxylic acids is 1. The van der Waals surface area contributed by atoms with E-state index in [2.05, 4.69) is 12.2 Å². The fraction of sp³-hybridized carbons (Fsp3) is 0.889. The van der Waals surface area contributed by atoms with Gasteiger partial charge < -0.3 is 16.0 Å². The Morgan fingerprint density at radius 2 is 2.46 bits per heavy atom. The van der Waals surface area contributed by atoms with Crippen molar-refractivity contribution in [1.82, 2.24) is 10.2 Å². The first-order valence-corrected chi connectivity index (χ1v) is 5.02. The smallest absolute Gasteiger partial charge is 0.317 e. The van der Waals surface area contributed by atoms with E-state index in [-0.39, 0.29) is 12.1 Å². The summed E-state index contributed by atoms with van der Waals surface area (Å²) in [7, 11) is 0. The van der Waals surface area contributed by atoms with Crippen LogP contribution in [0.15, 0.2) is 0 Å². The summed E-state index contributed by atoms with van der Waals surface area (Å²) in [6.45, 7) is 4.40. The Balaban J connectivity index is 2.16. The molecule has 4 heteroatoms. The fourth-order valence-corrected chi connectivity index (χ4v) is 1.46. The van der Waals surface area contributed by atoms with Gasteiger partial charge in [0.25, 0.3) is 0 Å². The molecule has 0 aromatic carbocycles. The van der Waals surface area contributed by atoms with Crippen LogP contribution in [0.3, 0.4) is 0 Å². The molecule has 0 saturated carbocycles. The molecule has 1 aliphatic heterocycles. The summed E-state index contributed by atoms with van der Waals surface area (Å²) in [4.78, 5) is 13.2. The van der Waals surface area contributed by atoms with Gasteiger partial charge in [-0.1, -0.05) is 13.3 Å². The first-order chi connectivity index (χ1) is 6.24. The molecule has 0 radical (unpaired) electrons. The van der Waals surface area contributed by atoms with Gasteiger partial charge in [-0.2, -0.15) is 0 Å². The molecule has 0 aliphatic carbocycles. The summed E-state index contributed by atoms with van der Waals surface area (Å²) in [6.07, 6.45) is 3.09. The molecule has 1 aliphatic rings. The van der Waals surface area contributed by atoms with Gasteiger partial charge in [0.05, 0.1) is 0 Å². The Morgan fingerprint density at radius 3 is 3.00 bits per heavy atom. The number of unbranched alkanes of at least 4 members (excludes halogenated alkanes) is 1. The molecular weight excluding hydrogens is 166 g/mol. The summed E-state index contributed by atoms with van der Waals surface area (Å²) < 4.78 is 0. The lowest BCUT2D eigenvalue weighted by molar-refractivity contribution is 0.208. The maximum absolute atomic E-state index is 11.4. The monoisotopic (exact) mass is 185 g/mol. The zero-order chi connectivity index (χ0) is 9.68. The minimum absolute atomic E-state index is 0.0430. The lowest BCUT2D eigenvalue weighted by Gasteiger charge is -2.16. The number of amides is 2. The van der Waals surface area contributed by atoms with Gasteiger partial charge >= 0.3 is 6.03 Å². The standard InChI is InChI=1S/C9H19N3O/c1-2-3-5-11-9(13)12-6-4-8(10)7-12/h8H,2-7,10H2,1H3,(H,11,13). The van der Waals surface area contributed by atoms with Crippen LogP contribution < -0.4 is 11.1 Å². The van der Waals surface area contributed by atoms with Gasteiger partial charge in [0.15, 0.2) is 0 Å². The van der Waals surface area contributed by atoms with Crippen molar-refractivity contribution in [1.29, 1.82) is 0 Å². The highest BCUT2D eigenvalue weighted by atomic mass is 16.2. The van der Waals surface area contributed by atoms with Crippen molar-refractivity contribution in [2.45, 2.75) is 32.2 Å². The minimum atomic E-state index is 0.0430. The normalized spacial score (nSPS) is 22.0. The van der Waals surface area contributed by atoms with E-state index >= 15 is 0 Å². The number of carbonyl (C=O) groups is 1. The molecule has 2 amide bonds. The van der Waals surface area contributed by atoms with E-state index in [0.29, 0.717) is 6.54 Å². The van der Waals surface area contributed by atoms with Crippen molar-refractivity contribution < 1.29 is 4.79 Å². The molecule has 1 atom stereocenters. The van der Waals surface area contributed by atoms with E-state index in [1.54, 1.807) is 4.90 Å². The van der Waals surface area contributed by atoms with Crippen molar-refractivity contribution in [2.24, 2.45) is 5.73 Å². The lowest BCUT2D eigenvalue weighted by atomic mass is 10.3. The Bertz CT molecular complexity index is 172. The second kappa shape index (κ2) is 5.07. The van der Waals surface area contributed by atoms with Crippen LogP contribution in [-0.4, -0.2) is 36.6 Å². The molecule has 1 unspecified atom stereocenters. The predicted octanol–water partition coefficient (Wildman–Crippen LogP) is 0.529. The Labute approximate surface area is 79.5 Å². The Morgan fingerprint density at radius 1 is 1.69 bits per heavy atom. The second-order valence-corrected chi connectivity index (χ2v) is 3.58. The molecule has 1 rings (SSSR count). The number of likely N-dealkylation sites (tertiary alicyclic amines) is 1. The molecular formula is C9H19N3O. The number of urea groups is 1. The second-order valence-electron chi connectivity index (χ2n) is 3.58. The van der Waals surface area contributed by atoms with Crippen LogP contribution in [0.4, 0.5) is 4.79 Å². The Kier molecular flexibility index (Phi) is 4.02. The third kappa shape index (κ3) is 3.22. The zero-order valence-corrected chi connectivity index (χ0v) is 8.25. The number of nitrogens with one attached hydrogen (secondary N) is 1. The maximum atomic E-state index is 11.4. The SMILES string of the molecule is CCCCNC(=O)N1CCC(N)C1. The number of hydrogen-bond acceptors (Lipinski definition) is 2. The molecule has 1 saturated heterocycles. The van der Waals surface area contributed by atoms with Crippen molar-refractivity contribution in [2.75, 3.05) is 19.6 Å². The molecule has 3 N–H and O–H groups in total.